The first-order chi connectivity index (χ1) is 9.78. The summed E-state index contributed by atoms with van der Waals surface area (Å²) < 4.78 is 0. The van der Waals surface area contributed by atoms with Crippen molar-refractivity contribution in [2.75, 3.05) is 13.1 Å². The first-order valence-electron chi connectivity index (χ1n) is 8.34. The van der Waals surface area contributed by atoms with Crippen LogP contribution in [0, 0.1) is 5.41 Å². The molecule has 1 aliphatic rings. The minimum absolute atomic E-state index is 0.0481. The van der Waals surface area contributed by atoms with Crippen LogP contribution in [0.25, 0.3) is 0 Å². The van der Waals surface area contributed by atoms with Crippen LogP contribution in [0.15, 0.2) is 30.3 Å². The van der Waals surface area contributed by atoms with Crippen LogP contribution in [0.5, 0.6) is 0 Å². The van der Waals surface area contributed by atoms with Crippen molar-refractivity contribution >= 4 is 0 Å². The molecule has 2 heteroatoms. The van der Waals surface area contributed by atoms with Gasteiger partial charge in [-0.1, -0.05) is 58.0 Å². The van der Waals surface area contributed by atoms with Crippen molar-refractivity contribution in [3.63, 3.8) is 0 Å². The Balaban J connectivity index is 2.28. The van der Waals surface area contributed by atoms with Gasteiger partial charge in [0.25, 0.3) is 0 Å². The zero-order valence-corrected chi connectivity index (χ0v) is 14.6. The van der Waals surface area contributed by atoms with Crippen molar-refractivity contribution in [2.45, 2.75) is 65.6 Å². The molecule has 0 amide bonds. The molecule has 2 nitrogen and oxygen atoms in total. The van der Waals surface area contributed by atoms with Crippen molar-refractivity contribution in [3.05, 3.63) is 35.9 Å². The molecule has 1 aromatic rings. The van der Waals surface area contributed by atoms with Crippen molar-refractivity contribution in [3.8, 4) is 0 Å². The zero-order valence-electron chi connectivity index (χ0n) is 14.6. The largest absolute Gasteiger partial charge is 0.305 e. The highest BCUT2D eigenvalue weighted by Crippen LogP contribution is 2.34. The lowest BCUT2D eigenvalue weighted by atomic mass is 9.79. The normalized spacial score (nSPS) is 29.3. The fourth-order valence-electron chi connectivity index (χ4n) is 3.47. The quantitative estimate of drug-likeness (QED) is 0.903. The summed E-state index contributed by atoms with van der Waals surface area (Å²) >= 11 is 0. The van der Waals surface area contributed by atoms with Gasteiger partial charge in [-0.25, -0.2) is 0 Å². The number of nitrogens with zero attached hydrogens (tertiary/aromatic N) is 1. The monoisotopic (exact) mass is 288 g/mol. The summed E-state index contributed by atoms with van der Waals surface area (Å²) in [6.07, 6.45) is 1.21. The van der Waals surface area contributed by atoms with Gasteiger partial charge in [-0.05, 0) is 31.2 Å². The maximum atomic E-state index is 3.84. The Morgan fingerprint density at radius 2 is 1.90 bits per heavy atom. The van der Waals surface area contributed by atoms with Crippen LogP contribution in [-0.4, -0.2) is 30.1 Å². The second-order valence-electron chi connectivity index (χ2n) is 7.89. The number of hydrogen-bond donors (Lipinski definition) is 1. The molecule has 1 fully saturated rings. The van der Waals surface area contributed by atoms with Gasteiger partial charge in [0.05, 0.1) is 5.54 Å². The number of nitrogens with one attached hydrogen (secondary N) is 1. The van der Waals surface area contributed by atoms with Gasteiger partial charge in [-0.15, -0.1) is 0 Å². The molecule has 3 unspecified atom stereocenters. The molecule has 0 radical (unpaired) electrons. The maximum absolute atomic E-state index is 3.84. The lowest BCUT2D eigenvalue weighted by molar-refractivity contribution is -0.00128. The number of piperazine rings is 1. The van der Waals surface area contributed by atoms with Gasteiger partial charge < -0.3 is 5.32 Å². The summed E-state index contributed by atoms with van der Waals surface area (Å²) in [5, 5.41) is 3.84. The summed E-state index contributed by atoms with van der Waals surface area (Å²) in [4.78, 5) is 2.73. The van der Waals surface area contributed by atoms with Gasteiger partial charge in [0.1, 0.15) is 0 Å². The van der Waals surface area contributed by atoms with Gasteiger partial charge >= 0.3 is 0 Å². The molecule has 3 atom stereocenters. The van der Waals surface area contributed by atoms with E-state index in [0.717, 1.165) is 13.1 Å². The molecule has 0 spiro atoms. The zero-order chi connectivity index (χ0) is 15.7. The van der Waals surface area contributed by atoms with Gasteiger partial charge in [0.2, 0.25) is 0 Å². The molecule has 1 saturated heterocycles. The average Bonchev–Trinajstić information content (AvgIpc) is 2.46. The Morgan fingerprint density at radius 1 is 1.29 bits per heavy atom. The molecule has 0 bridgehead atoms. The molecule has 0 aromatic heterocycles. The van der Waals surface area contributed by atoms with Crippen molar-refractivity contribution in [1.82, 2.24) is 10.2 Å². The van der Waals surface area contributed by atoms with Crippen LogP contribution in [0.2, 0.25) is 0 Å². The van der Waals surface area contributed by atoms with Gasteiger partial charge in [0.15, 0.2) is 0 Å². The molecular formula is C19H32N2. The SMILES string of the molecule is CCC(C)N1CC(C)(c2ccccc2)NCC1C(C)(C)C. The highest BCUT2D eigenvalue weighted by molar-refractivity contribution is 5.25. The van der Waals surface area contributed by atoms with E-state index in [-0.39, 0.29) is 5.54 Å². The summed E-state index contributed by atoms with van der Waals surface area (Å²) in [6.45, 7) is 16.2. The molecule has 1 aromatic carbocycles. The third kappa shape index (κ3) is 3.49. The van der Waals surface area contributed by atoms with E-state index < -0.39 is 0 Å². The smallest absolute Gasteiger partial charge is 0.0535 e. The molecular weight excluding hydrogens is 256 g/mol. The summed E-state index contributed by atoms with van der Waals surface area (Å²) in [7, 11) is 0. The molecule has 21 heavy (non-hydrogen) atoms. The van der Waals surface area contributed by atoms with Crippen LogP contribution in [0.1, 0.15) is 53.5 Å². The Hall–Kier alpha value is -0.860. The summed E-state index contributed by atoms with van der Waals surface area (Å²) in [6, 6.07) is 12.1. The highest BCUT2D eigenvalue weighted by Gasteiger charge is 2.42. The third-order valence-corrected chi connectivity index (χ3v) is 5.15. The van der Waals surface area contributed by atoms with Crippen molar-refractivity contribution in [2.24, 2.45) is 5.41 Å². The first-order valence-corrected chi connectivity index (χ1v) is 8.34. The van der Waals surface area contributed by atoms with E-state index in [4.69, 9.17) is 0 Å². The van der Waals surface area contributed by atoms with Gasteiger partial charge in [-0.3, -0.25) is 4.90 Å². The van der Waals surface area contributed by atoms with E-state index >= 15 is 0 Å². The summed E-state index contributed by atoms with van der Waals surface area (Å²) in [5.74, 6) is 0. The van der Waals surface area contributed by atoms with Crippen molar-refractivity contribution in [1.29, 1.82) is 0 Å². The molecule has 0 saturated carbocycles. The van der Waals surface area contributed by atoms with E-state index in [2.05, 4.69) is 82.1 Å². The minimum atomic E-state index is 0.0481. The van der Waals surface area contributed by atoms with Gasteiger partial charge in [0, 0.05) is 25.2 Å². The lowest BCUT2D eigenvalue weighted by Crippen LogP contribution is -2.66. The molecule has 2 rings (SSSR count). The second kappa shape index (κ2) is 6.10. The fraction of sp³-hybridized carbons (Fsp3) is 0.684. The van der Waals surface area contributed by atoms with Crippen LogP contribution >= 0.6 is 0 Å². The van der Waals surface area contributed by atoms with Crippen LogP contribution in [0.4, 0.5) is 0 Å². The van der Waals surface area contributed by atoms with E-state index in [9.17, 15) is 0 Å². The van der Waals surface area contributed by atoms with Gasteiger partial charge in [-0.2, -0.15) is 0 Å². The Morgan fingerprint density at radius 3 is 2.43 bits per heavy atom. The van der Waals surface area contributed by atoms with E-state index in [1.165, 1.54) is 12.0 Å². The predicted molar refractivity (Wildman–Crippen MR) is 91.5 cm³/mol. The maximum Gasteiger partial charge on any atom is 0.0535 e. The van der Waals surface area contributed by atoms with Crippen LogP contribution in [-0.2, 0) is 5.54 Å². The number of hydrogen-bond acceptors (Lipinski definition) is 2. The number of rotatable bonds is 3. The number of benzene rings is 1. The second-order valence-corrected chi connectivity index (χ2v) is 7.89. The lowest BCUT2D eigenvalue weighted by Gasteiger charge is -2.53. The molecule has 1 heterocycles. The third-order valence-electron chi connectivity index (χ3n) is 5.15. The standard InChI is InChI=1S/C19H32N2/c1-7-15(2)21-14-19(6,16-11-9-8-10-12-16)20-13-17(21)18(3,4)5/h8-12,15,17,20H,7,13-14H2,1-6H3. The van der Waals surface area contributed by atoms with Crippen LogP contribution < -0.4 is 5.32 Å². The first kappa shape index (κ1) is 16.5. The Kier molecular flexibility index (Phi) is 4.79. The van der Waals surface area contributed by atoms with Crippen molar-refractivity contribution < 1.29 is 0 Å². The molecule has 1 N–H and O–H groups in total. The Bertz CT molecular complexity index is 448. The predicted octanol–water partition coefficient (Wildman–Crippen LogP) is 4.02. The molecule has 118 valence electrons. The minimum Gasteiger partial charge on any atom is -0.305 e. The average molecular weight is 288 g/mol. The molecule has 1 aliphatic heterocycles. The highest BCUT2D eigenvalue weighted by atomic mass is 15.3. The van der Waals surface area contributed by atoms with E-state index in [1.54, 1.807) is 0 Å². The van der Waals surface area contributed by atoms with Crippen LogP contribution in [0.3, 0.4) is 0 Å². The van der Waals surface area contributed by atoms with E-state index in [1.807, 2.05) is 0 Å². The Labute approximate surface area is 130 Å². The fourth-order valence-corrected chi connectivity index (χ4v) is 3.47. The summed E-state index contributed by atoms with van der Waals surface area (Å²) in [5.41, 5.74) is 1.74. The topological polar surface area (TPSA) is 15.3 Å². The van der Waals surface area contributed by atoms with E-state index in [0.29, 0.717) is 17.5 Å². The molecule has 0 aliphatic carbocycles.